The van der Waals surface area contributed by atoms with Gasteiger partial charge in [-0.3, -0.25) is 0 Å². The van der Waals surface area contributed by atoms with Gasteiger partial charge in [-0.05, 0) is 39.3 Å². The predicted molar refractivity (Wildman–Crippen MR) is 79.1 cm³/mol. The van der Waals surface area contributed by atoms with Crippen LogP contribution in [0.25, 0.3) is 0 Å². The average Bonchev–Trinajstić information content (AvgIpc) is 2.80. The number of rotatable bonds is 5. The van der Waals surface area contributed by atoms with Crippen LogP contribution in [0.2, 0.25) is 0 Å². The van der Waals surface area contributed by atoms with Gasteiger partial charge in [0.15, 0.2) is 0 Å². The maximum absolute atomic E-state index is 4.35. The van der Waals surface area contributed by atoms with E-state index in [9.17, 15) is 0 Å². The molecular formula is C15H28N4. The number of imidazole rings is 1. The molecule has 1 aliphatic rings. The van der Waals surface area contributed by atoms with Crippen molar-refractivity contribution in [1.82, 2.24) is 19.8 Å². The second kappa shape index (κ2) is 6.53. The molecule has 2 atom stereocenters. The van der Waals surface area contributed by atoms with Gasteiger partial charge in [0.1, 0.15) is 0 Å². The van der Waals surface area contributed by atoms with Gasteiger partial charge in [-0.2, -0.15) is 0 Å². The lowest BCUT2D eigenvalue weighted by Gasteiger charge is -2.36. The van der Waals surface area contributed by atoms with Gasteiger partial charge in [-0.15, -0.1) is 0 Å². The molecule has 2 unspecified atom stereocenters. The van der Waals surface area contributed by atoms with Crippen LogP contribution in [-0.2, 0) is 6.54 Å². The Morgan fingerprint density at radius 1 is 1.47 bits per heavy atom. The normalized spacial score (nSPS) is 25.1. The predicted octanol–water partition coefficient (Wildman–Crippen LogP) is 2.28. The summed E-state index contributed by atoms with van der Waals surface area (Å²) in [5.74, 6) is 0.694. The van der Waals surface area contributed by atoms with E-state index in [0.29, 0.717) is 18.0 Å². The van der Waals surface area contributed by atoms with Crippen molar-refractivity contribution in [3.8, 4) is 0 Å². The van der Waals surface area contributed by atoms with E-state index in [-0.39, 0.29) is 0 Å². The zero-order valence-electron chi connectivity index (χ0n) is 12.8. The van der Waals surface area contributed by atoms with Crippen LogP contribution < -0.4 is 5.32 Å². The zero-order valence-corrected chi connectivity index (χ0v) is 12.8. The second-order valence-electron chi connectivity index (χ2n) is 6.32. The molecule has 0 spiro atoms. The van der Waals surface area contributed by atoms with Crippen LogP contribution in [0, 0.1) is 5.92 Å². The number of aromatic nitrogens is 2. The van der Waals surface area contributed by atoms with Crippen molar-refractivity contribution in [3.05, 3.63) is 18.2 Å². The number of nitrogens with one attached hydrogen (secondary N) is 1. The molecule has 1 fully saturated rings. The highest BCUT2D eigenvalue weighted by Gasteiger charge is 2.24. The van der Waals surface area contributed by atoms with Gasteiger partial charge < -0.3 is 14.8 Å². The highest BCUT2D eigenvalue weighted by atomic mass is 15.2. The van der Waals surface area contributed by atoms with E-state index in [0.717, 1.165) is 13.1 Å². The van der Waals surface area contributed by atoms with Crippen molar-refractivity contribution in [2.24, 2.45) is 5.92 Å². The van der Waals surface area contributed by atoms with E-state index < -0.39 is 0 Å². The maximum atomic E-state index is 4.35. The molecule has 108 valence electrons. The van der Waals surface area contributed by atoms with Gasteiger partial charge in [0, 0.05) is 31.4 Å². The summed E-state index contributed by atoms with van der Waals surface area (Å²) in [4.78, 5) is 6.80. The fraction of sp³-hybridized carbons (Fsp3) is 0.800. The Labute approximate surface area is 117 Å². The molecular weight excluding hydrogens is 236 g/mol. The van der Waals surface area contributed by atoms with Crippen molar-refractivity contribution >= 4 is 0 Å². The molecule has 19 heavy (non-hydrogen) atoms. The van der Waals surface area contributed by atoms with Gasteiger partial charge >= 0.3 is 0 Å². The zero-order chi connectivity index (χ0) is 13.8. The summed E-state index contributed by atoms with van der Waals surface area (Å²) in [5, 5.41) is 3.52. The summed E-state index contributed by atoms with van der Waals surface area (Å²) in [6.07, 6.45) is 6.48. The minimum absolute atomic E-state index is 0.615. The third kappa shape index (κ3) is 3.80. The molecule has 0 aromatic carbocycles. The van der Waals surface area contributed by atoms with Crippen molar-refractivity contribution < 1.29 is 0 Å². The van der Waals surface area contributed by atoms with Crippen molar-refractivity contribution in [2.45, 2.75) is 52.2 Å². The van der Waals surface area contributed by atoms with Crippen LogP contribution in [0.3, 0.4) is 0 Å². The molecule has 2 rings (SSSR count). The molecule has 0 amide bonds. The SMILES string of the molecule is CC(C)CNCc1cncn1C1CCN(C)C(C)C1. The van der Waals surface area contributed by atoms with Gasteiger partial charge in [0.2, 0.25) is 0 Å². The van der Waals surface area contributed by atoms with Crippen LogP contribution in [0.15, 0.2) is 12.5 Å². The number of likely N-dealkylation sites (tertiary alicyclic amines) is 1. The molecule has 2 heterocycles. The molecule has 0 radical (unpaired) electrons. The molecule has 1 saturated heterocycles. The van der Waals surface area contributed by atoms with Gasteiger partial charge in [0.25, 0.3) is 0 Å². The first-order valence-corrected chi connectivity index (χ1v) is 7.49. The highest BCUT2D eigenvalue weighted by Crippen LogP contribution is 2.27. The Kier molecular flexibility index (Phi) is 4.99. The summed E-state index contributed by atoms with van der Waals surface area (Å²) < 4.78 is 2.39. The minimum Gasteiger partial charge on any atom is -0.330 e. The largest absolute Gasteiger partial charge is 0.330 e. The Morgan fingerprint density at radius 2 is 2.26 bits per heavy atom. The summed E-state index contributed by atoms with van der Waals surface area (Å²) in [5.41, 5.74) is 1.32. The summed E-state index contributed by atoms with van der Waals surface area (Å²) in [7, 11) is 2.22. The lowest BCUT2D eigenvalue weighted by molar-refractivity contribution is 0.155. The van der Waals surface area contributed by atoms with Gasteiger partial charge in [0.05, 0.1) is 12.0 Å². The Bertz CT molecular complexity index is 385. The summed E-state index contributed by atoms with van der Waals surface area (Å²) in [6.45, 7) is 9.97. The first-order chi connectivity index (χ1) is 9.08. The first-order valence-electron chi connectivity index (χ1n) is 7.49. The molecule has 4 nitrogen and oxygen atoms in total. The smallest absolute Gasteiger partial charge is 0.0951 e. The Hall–Kier alpha value is -0.870. The number of hydrogen-bond donors (Lipinski definition) is 1. The van der Waals surface area contributed by atoms with Crippen LogP contribution in [0.1, 0.15) is 45.3 Å². The lowest BCUT2D eigenvalue weighted by Crippen LogP contribution is -2.38. The molecule has 0 bridgehead atoms. The Balaban J connectivity index is 1.95. The summed E-state index contributed by atoms with van der Waals surface area (Å²) in [6, 6.07) is 1.28. The van der Waals surface area contributed by atoms with E-state index in [1.165, 1.54) is 25.1 Å². The molecule has 1 N–H and O–H groups in total. The molecule has 1 aromatic rings. The van der Waals surface area contributed by atoms with Crippen molar-refractivity contribution in [2.75, 3.05) is 20.1 Å². The molecule has 0 saturated carbocycles. The first kappa shape index (κ1) is 14.5. The number of hydrogen-bond acceptors (Lipinski definition) is 3. The quantitative estimate of drug-likeness (QED) is 0.886. The third-order valence-corrected chi connectivity index (χ3v) is 4.18. The number of piperidine rings is 1. The van der Waals surface area contributed by atoms with E-state index in [1.807, 2.05) is 12.5 Å². The molecule has 1 aliphatic heterocycles. The van der Waals surface area contributed by atoms with Crippen LogP contribution in [0.5, 0.6) is 0 Å². The van der Waals surface area contributed by atoms with Crippen molar-refractivity contribution in [3.63, 3.8) is 0 Å². The minimum atomic E-state index is 0.615. The fourth-order valence-corrected chi connectivity index (χ4v) is 2.80. The molecule has 0 aliphatic carbocycles. The average molecular weight is 264 g/mol. The third-order valence-electron chi connectivity index (χ3n) is 4.18. The Morgan fingerprint density at radius 3 is 2.95 bits per heavy atom. The van der Waals surface area contributed by atoms with Crippen molar-refractivity contribution in [1.29, 1.82) is 0 Å². The lowest BCUT2D eigenvalue weighted by atomic mass is 9.98. The van der Waals surface area contributed by atoms with Gasteiger partial charge in [-0.1, -0.05) is 13.8 Å². The van der Waals surface area contributed by atoms with Crippen LogP contribution in [0.4, 0.5) is 0 Å². The van der Waals surface area contributed by atoms with E-state index in [4.69, 9.17) is 0 Å². The van der Waals surface area contributed by atoms with Crippen LogP contribution in [-0.4, -0.2) is 40.6 Å². The molecule has 1 aromatic heterocycles. The maximum Gasteiger partial charge on any atom is 0.0951 e. The topological polar surface area (TPSA) is 33.1 Å². The summed E-state index contributed by atoms with van der Waals surface area (Å²) >= 11 is 0. The van der Waals surface area contributed by atoms with E-state index >= 15 is 0 Å². The van der Waals surface area contributed by atoms with E-state index in [2.05, 4.69) is 47.6 Å². The van der Waals surface area contributed by atoms with E-state index in [1.54, 1.807) is 0 Å². The molecule has 4 heteroatoms. The number of nitrogens with zero attached hydrogens (tertiary/aromatic N) is 3. The standard InChI is InChI=1S/C15H28N4/c1-12(2)8-16-9-15-10-17-11-19(15)14-5-6-18(4)13(3)7-14/h10-14,16H,5-9H2,1-4H3. The monoisotopic (exact) mass is 264 g/mol. The van der Waals surface area contributed by atoms with Crippen LogP contribution >= 0.6 is 0 Å². The highest BCUT2D eigenvalue weighted by molar-refractivity contribution is 5.01. The fourth-order valence-electron chi connectivity index (χ4n) is 2.80. The second-order valence-corrected chi connectivity index (χ2v) is 6.32. The van der Waals surface area contributed by atoms with Gasteiger partial charge in [-0.25, -0.2) is 4.98 Å².